The number of rotatable bonds is 5. The van der Waals surface area contributed by atoms with E-state index in [0.717, 1.165) is 24.9 Å². The third kappa shape index (κ3) is 3.63. The van der Waals surface area contributed by atoms with Gasteiger partial charge in [-0.15, -0.1) is 5.10 Å². The summed E-state index contributed by atoms with van der Waals surface area (Å²) < 4.78 is 1.59. The molecular formula is C20H24N6O2S. The Labute approximate surface area is 173 Å². The van der Waals surface area contributed by atoms with Crippen molar-refractivity contribution in [2.45, 2.75) is 43.7 Å². The van der Waals surface area contributed by atoms with Gasteiger partial charge < -0.3 is 0 Å². The van der Waals surface area contributed by atoms with Crippen molar-refractivity contribution in [1.29, 1.82) is 0 Å². The molecule has 6 rings (SSSR count). The lowest BCUT2D eigenvalue weighted by Crippen LogP contribution is -2.56. The average Bonchev–Trinajstić information content (AvgIpc) is 3.19. The number of para-hydroxylation sites is 1. The number of hydrogen-bond donors (Lipinski definition) is 2. The minimum absolute atomic E-state index is 0.0101. The maximum absolute atomic E-state index is 12.9. The molecule has 0 aliphatic heterocycles. The minimum atomic E-state index is -0.271. The molecule has 4 aliphatic carbocycles. The number of aromatic nitrogens is 4. The standard InChI is InChI=1S/C20H24N6O2S/c27-17(12-29-19-23-24-25-26(19)16-4-2-1-3-5-16)21-22-18(28)20-9-13-6-14(10-20)8-15(7-13)11-20/h1-5,13-15H,6-12H2,(H,21,27)(H,22,28). The number of nitrogens with zero attached hydrogens (tertiary/aromatic N) is 4. The van der Waals surface area contributed by atoms with Crippen molar-refractivity contribution in [3.63, 3.8) is 0 Å². The van der Waals surface area contributed by atoms with Crippen LogP contribution >= 0.6 is 11.8 Å². The highest BCUT2D eigenvalue weighted by Crippen LogP contribution is 2.60. The van der Waals surface area contributed by atoms with Gasteiger partial charge in [0.1, 0.15) is 0 Å². The maximum Gasteiger partial charge on any atom is 0.248 e. The number of nitrogens with one attached hydrogen (secondary N) is 2. The van der Waals surface area contributed by atoms with Gasteiger partial charge in [-0.1, -0.05) is 30.0 Å². The molecule has 2 amide bonds. The summed E-state index contributed by atoms with van der Waals surface area (Å²) in [5.41, 5.74) is 5.86. The Bertz CT molecular complexity index is 879. The number of hydrazine groups is 1. The number of tetrazole rings is 1. The Morgan fingerprint density at radius 1 is 1.03 bits per heavy atom. The van der Waals surface area contributed by atoms with Crippen molar-refractivity contribution in [3.8, 4) is 5.69 Å². The van der Waals surface area contributed by atoms with Gasteiger partial charge in [-0.2, -0.15) is 4.68 Å². The molecule has 1 aromatic carbocycles. The molecule has 2 N–H and O–H groups in total. The van der Waals surface area contributed by atoms with Crippen molar-refractivity contribution in [3.05, 3.63) is 30.3 Å². The fraction of sp³-hybridized carbons (Fsp3) is 0.550. The topological polar surface area (TPSA) is 102 Å². The van der Waals surface area contributed by atoms with Crippen LogP contribution in [0.1, 0.15) is 38.5 Å². The van der Waals surface area contributed by atoms with Crippen LogP contribution < -0.4 is 10.9 Å². The van der Waals surface area contributed by atoms with Crippen LogP contribution in [0.5, 0.6) is 0 Å². The highest BCUT2D eigenvalue weighted by atomic mass is 32.2. The van der Waals surface area contributed by atoms with E-state index < -0.39 is 0 Å². The molecule has 2 aromatic rings. The van der Waals surface area contributed by atoms with E-state index in [9.17, 15) is 9.59 Å². The largest absolute Gasteiger partial charge is 0.273 e. The van der Waals surface area contributed by atoms with E-state index in [1.165, 1.54) is 31.0 Å². The quantitative estimate of drug-likeness (QED) is 0.576. The Hall–Kier alpha value is -2.42. The Kier molecular flexibility index (Phi) is 4.77. The first-order chi connectivity index (χ1) is 14.1. The van der Waals surface area contributed by atoms with Gasteiger partial charge >= 0.3 is 0 Å². The zero-order valence-electron chi connectivity index (χ0n) is 16.1. The molecule has 0 atom stereocenters. The molecule has 4 fully saturated rings. The van der Waals surface area contributed by atoms with Crippen LogP contribution in [0.15, 0.2) is 35.5 Å². The molecule has 1 heterocycles. The predicted molar refractivity (Wildman–Crippen MR) is 107 cm³/mol. The summed E-state index contributed by atoms with van der Waals surface area (Å²) >= 11 is 1.23. The smallest absolute Gasteiger partial charge is 0.248 e. The fourth-order valence-corrected chi connectivity index (χ4v) is 6.50. The monoisotopic (exact) mass is 412 g/mol. The summed E-state index contributed by atoms with van der Waals surface area (Å²) in [7, 11) is 0. The van der Waals surface area contributed by atoms with Gasteiger partial charge in [0.2, 0.25) is 17.0 Å². The van der Waals surface area contributed by atoms with Crippen LogP contribution in [0, 0.1) is 23.2 Å². The number of carbonyl (C=O) groups excluding carboxylic acids is 2. The predicted octanol–water partition coefficient (Wildman–Crippen LogP) is 2.12. The van der Waals surface area contributed by atoms with Crippen molar-refractivity contribution in [2.75, 3.05) is 5.75 Å². The van der Waals surface area contributed by atoms with Gasteiger partial charge in [0.05, 0.1) is 16.9 Å². The highest BCUT2D eigenvalue weighted by molar-refractivity contribution is 7.99. The van der Waals surface area contributed by atoms with Gasteiger partial charge in [-0.3, -0.25) is 20.4 Å². The first kappa shape index (κ1) is 18.6. The summed E-state index contributed by atoms with van der Waals surface area (Å²) in [6.45, 7) is 0. The first-order valence-electron chi connectivity index (χ1n) is 10.2. The summed E-state index contributed by atoms with van der Waals surface area (Å²) in [6, 6.07) is 9.51. The lowest BCUT2D eigenvalue weighted by Gasteiger charge is -2.55. The Morgan fingerprint density at radius 2 is 1.69 bits per heavy atom. The number of thioether (sulfide) groups is 1. The van der Waals surface area contributed by atoms with E-state index in [1.807, 2.05) is 30.3 Å². The van der Waals surface area contributed by atoms with Crippen molar-refractivity contribution < 1.29 is 9.59 Å². The molecule has 0 unspecified atom stereocenters. The van der Waals surface area contributed by atoms with Crippen LogP contribution in [0.4, 0.5) is 0 Å². The maximum atomic E-state index is 12.9. The van der Waals surface area contributed by atoms with Gasteiger partial charge in [0, 0.05) is 0 Å². The van der Waals surface area contributed by atoms with E-state index >= 15 is 0 Å². The van der Waals surface area contributed by atoms with Crippen LogP contribution in [0.25, 0.3) is 5.69 Å². The molecule has 0 saturated heterocycles. The molecule has 9 heteroatoms. The first-order valence-corrected chi connectivity index (χ1v) is 11.2. The molecule has 0 radical (unpaired) electrons. The van der Waals surface area contributed by atoms with E-state index in [4.69, 9.17) is 0 Å². The normalized spacial score (nSPS) is 29.6. The summed E-state index contributed by atoms with van der Waals surface area (Å²) in [5.74, 6) is 1.91. The summed E-state index contributed by atoms with van der Waals surface area (Å²) in [5, 5.41) is 12.2. The second-order valence-corrected chi connectivity index (χ2v) is 9.64. The van der Waals surface area contributed by atoms with Crippen molar-refractivity contribution in [2.24, 2.45) is 23.2 Å². The zero-order valence-corrected chi connectivity index (χ0v) is 16.9. The molecular weight excluding hydrogens is 388 g/mol. The molecule has 4 bridgehead atoms. The zero-order chi connectivity index (χ0) is 19.8. The average molecular weight is 413 g/mol. The van der Waals surface area contributed by atoms with Crippen LogP contribution in [0.2, 0.25) is 0 Å². The number of amides is 2. The third-order valence-electron chi connectivity index (χ3n) is 6.61. The lowest BCUT2D eigenvalue weighted by atomic mass is 9.49. The molecule has 8 nitrogen and oxygen atoms in total. The van der Waals surface area contributed by atoms with Crippen LogP contribution in [-0.4, -0.2) is 37.8 Å². The molecule has 29 heavy (non-hydrogen) atoms. The fourth-order valence-electron chi connectivity index (χ4n) is 5.81. The highest BCUT2D eigenvalue weighted by Gasteiger charge is 2.54. The van der Waals surface area contributed by atoms with Crippen LogP contribution in [-0.2, 0) is 9.59 Å². The number of carbonyl (C=O) groups is 2. The molecule has 1 aromatic heterocycles. The molecule has 4 aliphatic rings. The van der Waals surface area contributed by atoms with E-state index in [2.05, 4.69) is 26.4 Å². The lowest BCUT2D eigenvalue weighted by molar-refractivity contribution is -0.148. The number of hydrogen-bond acceptors (Lipinski definition) is 6. The van der Waals surface area contributed by atoms with E-state index in [1.54, 1.807) is 4.68 Å². The number of benzene rings is 1. The van der Waals surface area contributed by atoms with Crippen molar-refractivity contribution in [1.82, 2.24) is 31.1 Å². The molecule has 4 saturated carbocycles. The second kappa shape index (κ2) is 7.44. The minimum Gasteiger partial charge on any atom is -0.273 e. The molecule has 152 valence electrons. The van der Waals surface area contributed by atoms with Crippen molar-refractivity contribution >= 4 is 23.6 Å². The van der Waals surface area contributed by atoms with Crippen LogP contribution in [0.3, 0.4) is 0 Å². The third-order valence-corrected chi connectivity index (χ3v) is 7.53. The Morgan fingerprint density at radius 3 is 2.34 bits per heavy atom. The summed E-state index contributed by atoms with van der Waals surface area (Å²) in [6.07, 6.45) is 6.77. The molecule has 0 spiro atoms. The van der Waals surface area contributed by atoms with Gasteiger partial charge in [-0.05, 0) is 78.8 Å². The Balaban J connectivity index is 1.15. The van der Waals surface area contributed by atoms with E-state index in [-0.39, 0.29) is 23.0 Å². The van der Waals surface area contributed by atoms with E-state index in [0.29, 0.717) is 22.9 Å². The van der Waals surface area contributed by atoms with Gasteiger partial charge in [-0.25, -0.2) is 0 Å². The van der Waals surface area contributed by atoms with Gasteiger partial charge in [0.25, 0.3) is 0 Å². The SMILES string of the molecule is O=C(CSc1nnnn1-c1ccccc1)NNC(=O)C12CC3CC(CC(C3)C1)C2. The second-order valence-electron chi connectivity index (χ2n) is 8.70. The van der Waals surface area contributed by atoms with Gasteiger partial charge in [0.15, 0.2) is 0 Å². The summed E-state index contributed by atoms with van der Waals surface area (Å²) in [4.78, 5) is 25.2.